The topological polar surface area (TPSA) is 83.6 Å². The standard InChI is InChI=1S/C9H12NO3P/c1-7(9(10)14(11,12)13)8-5-3-2-4-6-8/h2-6,9H,1,10H2,(H2,11,12,13)/t9-/m0/s1. The predicted molar refractivity (Wildman–Crippen MR) is 55.5 cm³/mol. The average Bonchev–Trinajstić information content (AvgIpc) is 2.15. The smallest absolute Gasteiger partial charge is 0.323 e. The van der Waals surface area contributed by atoms with E-state index in [0.717, 1.165) is 0 Å². The van der Waals surface area contributed by atoms with Gasteiger partial charge in [0.1, 0.15) is 5.78 Å². The second-order valence-electron chi connectivity index (χ2n) is 2.93. The van der Waals surface area contributed by atoms with Crippen molar-refractivity contribution in [3.63, 3.8) is 0 Å². The van der Waals surface area contributed by atoms with Crippen LogP contribution in [0.4, 0.5) is 0 Å². The minimum atomic E-state index is -4.30. The Bertz CT molecular complexity index is 371. The average molecular weight is 213 g/mol. The van der Waals surface area contributed by atoms with Crippen molar-refractivity contribution >= 4 is 13.2 Å². The van der Waals surface area contributed by atoms with E-state index in [1.165, 1.54) is 0 Å². The molecule has 0 radical (unpaired) electrons. The minimum absolute atomic E-state index is 0.249. The Morgan fingerprint density at radius 3 is 2.29 bits per heavy atom. The lowest BCUT2D eigenvalue weighted by atomic mass is 10.1. The van der Waals surface area contributed by atoms with Crippen LogP contribution in [-0.2, 0) is 4.57 Å². The zero-order valence-electron chi connectivity index (χ0n) is 7.50. The molecule has 0 bridgehead atoms. The summed E-state index contributed by atoms with van der Waals surface area (Å²) in [6.45, 7) is 3.57. The van der Waals surface area contributed by atoms with Crippen LogP contribution in [0.1, 0.15) is 5.56 Å². The molecule has 0 aliphatic carbocycles. The molecular formula is C9H12NO3P. The fourth-order valence-electron chi connectivity index (χ4n) is 1.03. The zero-order chi connectivity index (χ0) is 10.8. The normalized spacial score (nSPS) is 13.6. The number of rotatable bonds is 3. The Balaban J connectivity index is 2.93. The maximum atomic E-state index is 10.9. The van der Waals surface area contributed by atoms with Gasteiger partial charge in [-0.2, -0.15) is 0 Å². The van der Waals surface area contributed by atoms with E-state index in [1.807, 2.05) is 0 Å². The monoisotopic (exact) mass is 213 g/mol. The Labute approximate surface area is 82.2 Å². The van der Waals surface area contributed by atoms with Crippen molar-refractivity contribution in [2.75, 3.05) is 0 Å². The SMILES string of the molecule is C=C(c1ccccc1)[C@@H](N)P(=O)(O)O. The summed E-state index contributed by atoms with van der Waals surface area (Å²) >= 11 is 0. The molecule has 14 heavy (non-hydrogen) atoms. The molecule has 0 aliphatic rings. The molecular weight excluding hydrogens is 201 g/mol. The Morgan fingerprint density at radius 1 is 1.36 bits per heavy atom. The first-order chi connectivity index (χ1) is 6.43. The van der Waals surface area contributed by atoms with Crippen LogP contribution in [-0.4, -0.2) is 15.6 Å². The molecule has 5 heteroatoms. The maximum Gasteiger partial charge on any atom is 0.346 e. The highest BCUT2D eigenvalue weighted by Crippen LogP contribution is 2.43. The summed E-state index contributed by atoms with van der Waals surface area (Å²) in [4.78, 5) is 17.7. The van der Waals surface area contributed by atoms with Gasteiger partial charge < -0.3 is 15.5 Å². The van der Waals surface area contributed by atoms with Crippen molar-refractivity contribution < 1.29 is 14.4 Å². The lowest BCUT2D eigenvalue weighted by molar-refractivity contribution is 0.367. The van der Waals surface area contributed by atoms with E-state index in [2.05, 4.69) is 6.58 Å². The molecule has 0 amide bonds. The van der Waals surface area contributed by atoms with Crippen molar-refractivity contribution in [1.29, 1.82) is 0 Å². The molecule has 0 saturated heterocycles. The van der Waals surface area contributed by atoms with Crippen molar-refractivity contribution in [3.05, 3.63) is 42.5 Å². The Kier molecular flexibility index (Phi) is 3.24. The van der Waals surface area contributed by atoms with E-state index in [1.54, 1.807) is 30.3 Å². The summed E-state index contributed by atoms with van der Waals surface area (Å²) in [6.07, 6.45) is 0. The maximum absolute atomic E-state index is 10.9. The minimum Gasteiger partial charge on any atom is -0.323 e. The van der Waals surface area contributed by atoms with Gasteiger partial charge in [0.05, 0.1) is 0 Å². The van der Waals surface area contributed by atoms with Gasteiger partial charge in [-0.25, -0.2) is 0 Å². The third-order valence-corrected chi connectivity index (χ3v) is 2.90. The third-order valence-electron chi connectivity index (χ3n) is 1.86. The highest BCUT2D eigenvalue weighted by Gasteiger charge is 2.27. The fraction of sp³-hybridized carbons (Fsp3) is 0.111. The zero-order valence-corrected chi connectivity index (χ0v) is 8.39. The molecule has 4 nitrogen and oxygen atoms in total. The predicted octanol–water partition coefficient (Wildman–Crippen LogP) is 1.16. The second kappa shape index (κ2) is 4.07. The van der Waals surface area contributed by atoms with E-state index >= 15 is 0 Å². The molecule has 0 heterocycles. The molecule has 0 fully saturated rings. The summed E-state index contributed by atoms with van der Waals surface area (Å²) in [7, 11) is -4.30. The first kappa shape index (κ1) is 11.1. The van der Waals surface area contributed by atoms with Gasteiger partial charge in [0.25, 0.3) is 0 Å². The Hall–Kier alpha value is -0.930. The molecule has 0 saturated carbocycles. The van der Waals surface area contributed by atoms with Crippen molar-refractivity contribution in [2.45, 2.75) is 5.78 Å². The molecule has 0 unspecified atom stereocenters. The van der Waals surface area contributed by atoms with Crippen LogP contribution in [0.25, 0.3) is 5.57 Å². The summed E-state index contributed by atoms with van der Waals surface area (Å²) < 4.78 is 10.9. The highest BCUT2D eigenvalue weighted by molar-refractivity contribution is 7.53. The quantitative estimate of drug-likeness (QED) is 0.658. The number of benzene rings is 1. The van der Waals surface area contributed by atoms with Crippen LogP contribution < -0.4 is 5.73 Å². The number of nitrogens with two attached hydrogens (primary N) is 1. The molecule has 4 N–H and O–H groups in total. The van der Waals surface area contributed by atoms with Gasteiger partial charge >= 0.3 is 7.60 Å². The van der Waals surface area contributed by atoms with Crippen molar-refractivity contribution in [2.24, 2.45) is 5.73 Å². The van der Waals surface area contributed by atoms with E-state index in [0.29, 0.717) is 5.56 Å². The van der Waals surface area contributed by atoms with Gasteiger partial charge in [-0.15, -0.1) is 0 Å². The van der Waals surface area contributed by atoms with E-state index in [9.17, 15) is 4.57 Å². The third kappa shape index (κ3) is 2.53. The van der Waals surface area contributed by atoms with Gasteiger partial charge in [0.2, 0.25) is 0 Å². The van der Waals surface area contributed by atoms with Gasteiger partial charge in [0, 0.05) is 0 Å². The van der Waals surface area contributed by atoms with Crippen LogP contribution in [0, 0.1) is 0 Å². The van der Waals surface area contributed by atoms with E-state index in [4.69, 9.17) is 15.5 Å². The van der Waals surface area contributed by atoms with Gasteiger partial charge in [-0.05, 0) is 11.1 Å². The summed E-state index contributed by atoms with van der Waals surface area (Å²) in [5.41, 5.74) is 6.25. The van der Waals surface area contributed by atoms with Crippen molar-refractivity contribution in [1.82, 2.24) is 0 Å². The molecule has 1 rings (SSSR count). The van der Waals surface area contributed by atoms with Crippen LogP contribution >= 0.6 is 7.60 Å². The highest BCUT2D eigenvalue weighted by atomic mass is 31.2. The molecule has 1 aromatic carbocycles. The first-order valence-corrected chi connectivity index (χ1v) is 5.66. The van der Waals surface area contributed by atoms with Gasteiger partial charge in [-0.1, -0.05) is 36.9 Å². The Morgan fingerprint density at radius 2 is 1.86 bits per heavy atom. The summed E-state index contributed by atoms with van der Waals surface area (Å²) in [5, 5.41) is 0. The van der Waals surface area contributed by atoms with Crippen LogP contribution in [0.2, 0.25) is 0 Å². The van der Waals surface area contributed by atoms with Gasteiger partial charge in [-0.3, -0.25) is 4.57 Å². The van der Waals surface area contributed by atoms with E-state index in [-0.39, 0.29) is 5.57 Å². The second-order valence-corrected chi connectivity index (χ2v) is 4.66. The molecule has 76 valence electrons. The molecule has 0 aromatic heterocycles. The van der Waals surface area contributed by atoms with Crippen LogP contribution in [0.3, 0.4) is 0 Å². The number of hydrogen-bond acceptors (Lipinski definition) is 2. The molecule has 1 aromatic rings. The van der Waals surface area contributed by atoms with E-state index < -0.39 is 13.4 Å². The summed E-state index contributed by atoms with van der Waals surface area (Å²) in [6, 6.07) is 8.73. The first-order valence-electron chi connectivity index (χ1n) is 3.98. The molecule has 1 atom stereocenters. The van der Waals surface area contributed by atoms with Crippen molar-refractivity contribution in [3.8, 4) is 0 Å². The largest absolute Gasteiger partial charge is 0.346 e. The summed E-state index contributed by atoms with van der Waals surface area (Å²) in [5.74, 6) is -1.33. The van der Waals surface area contributed by atoms with Gasteiger partial charge in [0.15, 0.2) is 0 Å². The lowest BCUT2D eigenvalue weighted by Gasteiger charge is -2.16. The fourth-order valence-corrected chi connectivity index (χ4v) is 1.58. The number of hydrogen-bond donors (Lipinski definition) is 3. The molecule has 0 spiro atoms. The van der Waals surface area contributed by atoms with Crippen LogP contribution in [0.15, 0.2) is 36.9 Å². The molecule has 0 aliphatic heterocycles. The van der Waals surface area contributed by atoms with Crippen LogP contribution in [0.5, 0.6) is 0 Å². The lowest BCUT2D eigenvalue weighted by Crippen LogP contribution is -2.21.